The summed E-state index contributed by atoms with van der Waals surface area (Å²) in [6.45, 7) is 6.45. The Balaban J connectivity index is 1.84. The number of hydrogen-bond donors (Lipinski definition) is 0. The van der Waals surface area contributed by atoms with E-state index in [2.05, 4.69) is 14.5 Å². The largest absolute Gasteiger partial charge is 0.467 e. The average molecular weight is 335 g/mol. The predicted octanol–water partition coefficient (Wildman–Crippen LogP) is 1.96. The third kappa shape index (κ3) is 3.27. The zero-order valence-electron chi connectivity index (χ0n) is 14.2. The second-order valence-electron chi connectivity index (χ2n) is 6.06. The lowest BCUT2D eigenvalue weighted by Gasteiger charge is -2.35. The Kier molecular flexibility index (Phi) is 4.82. The number of methoxy groups -OCH3 is 1. The van der Waals surface area contributed by atoms with Crippen molar-refractivity contribution in [2.75, 3.05) is 20.2 Å². The highest BCUT2D eigenvalue weighted by Gasteiger charge is 2.31. The van der Waals surface area contributed by atoms with Crippen molar-refractivity contribution in [2.45, 2.75) is 39.1 Å². The Morgan fingerprint density at radius 1 is 1.46 bits per heavy atom. The zero-order valence-corrected chi connectivity index (χ0v) is 14.2. The van der Waals surface area contributed by atoms with Crippen molar-refractivity contribution < 1.29 is 18.7 Å². The quantitative estimate of drug-likeness (QED) is 0.800. The molecule has 1 aliphatic heterocycles. The topological polar surface area (TPSA) is 56.6 Å². The number of hydrogen-bond acceptors (Lipinski definition) is 5. The Morgan fingerprint density at radius 3 is 2.96 bits per heavy atom. The molecule has 0 aliphatic carbocycles. The van der Waals surface area contributed by atoms with E-state index < -0.39 is 6.10 Å². The minimum atomic E-state index is -0.587. The van der Waals surface area contributed by atoms with Crippen molar-refractivity contribution in [1.29, 1.82) is 0 Å². The normalized spacial score (nSPS) is 22.0. The van der Waals surface area contributed by atoms with Crippen LogP contribution in [-0.4, -0.2) is 52.8 Å². The molecule has 7 heteroatoms. The molecule has 0 unspecified atom stereocenters. The van der Waals surface area contributed by atoms with Gasteiger partial charge in [-0.3, -0.25) is 4.90 Å². The molecule has 1 fully saturated rings. The highest BCUT2D eigenvalue weighted by molar-refractivity contribution is 5.76. The smallest absolute Gasteiger partial charge is 0.336 e. The minimum Gasteiger partial charge on any atom is -0.467 e. The summed E-state index contributed by atoms with van der Waals surface area (Å²) < 4.78 is 25.9. The van der Waals surface area contributed by atoms with Crippen LogP contribution in [-0.2, 0) is 27.4 Å². The van der Waals surface area contributed by atoms with Crippen molar-refractivity contribution in [3.8, 4) is 0 Å². The number of halogens is 1. The van der Waals surface area contributed by atoms with Crippen LogP contribution in [0.15, 0.2) is 18.2 Å². The molecule has 2 atom stereocenters. The van der Waals surface area contributed by atoms with E-state index in [1.807, 2.05) is 13.8 Å². The highest BCUT2D eigenvalue weighted by Crippen LogP contribution is 2.20. The summed E-state index contributed by atoms with van der Waals surface area (Å²) in [5, 5.41) is 0. The molecule has 6 nitrogen and oxygen atoms in total. The van der Waals surface area contributed by atoms with Gasteiger partial charge in [-0.25, -0.2) is 14.2 Å². The molecule has 2 aromatic rings. The van der Waals surface area contributed by atoms with Crippen LogP contribution in [0.4, 0.5) is 4.39 Å². The molecule has 130 valence electrons. The van der Waals surface area contributed by atoms with Gasteiger partial charge in [0, 0.05) is 25.7 Å². The number of carbonyl (C=O) groups excluding carboxylic acids is 1. The van der Waals surface area contributed by atoms with Crippen molar-refractivity contribution >= 4 is 17.0 Å². The van der Waals surface area contributed by atoms with Crippen molar-refractivity contribution in [2.24, 2.45) is 0 Å². The standard InChI is InChI=1S/C17H22FN3O3/c1-4-21-14-6-5-12(18)7-13(14)19-16(21)10-20-8-11(2)24-15(9-20)17(22)23-3/h5-7,11,15H,4,8-10H2,1-3H3/t11-,15+/m1/s1. The molecule has 0 saturated carbocycles. The molecule has 0 amide bonds. The zero-order chi connectivity index (χ0) is 17.3. The molecule has 1 aromatic heterocycles. The van der Waals surface area contributed by atoms with Crippen molar-refractivity contribution in [3.05, 3.63) is 29.8 Å². The lowest BCUT2D eigenvalue weighted by Crippen LogP contribution is -2.49. The van der Waals surface area contributed by atoms with Gasteiger partial charge in [0.2, 0.25) is 0 Å². The first kappa shape index (κ1) is 16.9. The molecule has 2 heterocycles. The molecule has 1 aliphatic rings. The SMILES string of the molecule is CCn1c(CN2C[C@@H](C)O[C@H](C(=O)OC)C2)nc2cc(F)ccc21. The molecule has 3 rings (SSSR count). The Morgan fingerprint density at radius 2 is 2.25 bits per heavy atom. The van der Waals surface area contributed by atoms with Gasteiger partial charge in [0.15, 0.2) is 6.10 Å². The van der Waals surface area contributed by atoms with Crippen LogP contribution >= 0.6 is 0 Å². The number of aryl methyl sites for hydroxylation is 1. The van der Waals surface area contributed by atoms with E-state index in [0.29, 0.717) is 25.2 Å². The van der Waals surface area contributed by atoms with E-state index in [0.717, 1.165) is 17.9 Å². The van der Waals surface area contributed by atoms with Crippen LogP contribution in [0.1, 0.15) is 19.7 Å². The number of benzene rings is 1. The summed E-state index contributed by atoms with van der Waals surface area (Å²) >= 11 is 0. The summed E-state index contributed by atoms with van der Waals surface area (Å²) in [7, 11) is 1.36. The second-order valence-corrected chi connectivity index (χ2v) is 6.06. The molecule has 0 radical (unpaired) electrons. The number of nitrogens with zero attached hydrogens (tertiary/aromatic N) is 3. The third-order valence-electron chi connectivity index (χ3n) is 4.27. The number of imidazole rings is 1. The maximum atomic E-state index is 13.4. The summed E-state index contributed by atoms with van der Waals surface area (Å²) in [6, 6.07) is 4.65. The molecule has 0 N–H and O–H groups in total. The lowest BCUT2D eigenvalue weighted by atomic mass is 10.2. The van der Waals surface area contributed by atoms with E-state index >= 15 is 0 Å². The average Bonchev–Trinajstić information content (AvgIpc) is 2.89. The predicted molar refractivity (Wildman–Crippen MR) is 87.0 cm³/mol. The van der Waals surface area contributed by atoms with Gasteiger partial charge in [-0.2, -0.15) is 0 Å². The van der Waals surface area contributed by atoms with Gasteiger partial charge < -0.3 is 14.0 Å². The summed E-state index contributed by atoms with van der Waals surface area (Å²) in [4.78, 5) is 18.5. The summed E-state index contributed by atoms with van der Waals surface area (Å²) in [6.07, 6.45) is -0.657. The van der Waals surface area contributed by atoms with Crippen LogP contribution < -0.4 is 0 Å². The van der Waals surface area contributed by atoms with Gasteiger partial charge in [0.1, 0.15) is 11.6 Å². The van der Waals surface area contributed by atoms with Gasteiger partial charge in [-0.15, -0.1) is 0 Å². The van der Waals surface area contributed by atoms with Gasteiger partial charge in [0.25, 0.3) is 0 Å². The van der Waals surface area contributed by atoms with E-state index in [1.165, 1.54) is 19.2 Å². The van der Waals surface area contributed by atoms with Gasteiger partial charge in [-0.05, 0) is 26.0 Å². The van der Waals surface area contributed by atoms with Crippen molar-refractivity contribution in [1.82, 2.24) is 14.5 Å². The molecule has 1 saturated heterocycles. The van der Waals surface area contributed by atoms with E-state index in [4.69, 9.17) is 9.47 Å². The molecule has 0 spiro atoms. The molecule has 0 bridgehead atoms. The number of rotatable bonds is 4. The fraction of sp³-hybridized carbons (Fsp3) is 0.529. The number of morpholine rings is 1. The number of carbonyl (C=O) groups is 1. The van der Waals surface area contributed by atoms with Gasteiger partial charge >= 0.3 is 5.97 Å². The number of ether oxygens (including phenoxy) is 2. The Bertz CT molecular complexity index is 746. The fourth-order valence-electron chi connectivity index (χ4n) is 3.26. The fourth-order valence-corrected chi connectivity index (χ4v) is 3.26. The number of aromatic nitrogens is 2. The van der Waals surface area contributed by atoms with Crippen LogP contribution in [0.25, 0.3) is 11.0 Å². The van der Waals surface area contributed by atoms with Gasteiger partial charge in [0.05, 0.1) is 30.8 Å². The first-order valence-corrected chi connectivity index (χ1v) is 8.12. The van der Waals surface area contributed by atoms with E-state index in [9.17, 15) is 9.18 Å². The monoisotopic (exact) mass is 335 g/mol. The molecule has 1 aromatic carbocycles. The Hall–Kier alpha value is -1.99. The minimum absolute atomic E-state index is 0.0697. The third-order valence-corrected chi connectivity index (χ3v) is 4.27. The van der Waals surface area contributed by atoms with Crippen LogP contribution in [0, 0.1) is 5.82 Å². The van der Waals surface area contributed by atoms with Crippen molar-refractivity contribution in [3.63, 3.8) is 0 Å². The first-order valence-electron chi connectivity index (χ1n) is 8.12. The van der Waals surface area contributed by atoms with E-state index in [1.54, 1.807) is 6.07 Å². The first-order chi connectivity index (χ1) is 11.5. The lowest BCUT2D eigenvalue weighted by molar-refractivity contribution is -0.166. The van der Waals surface area contributed by atoms with Crippen LogP contribution in [0.2, 0.25) is 0 Å². The molecular weight excluding hydrogens is 313 g/mol. The molecule has 24 heavy (non-hydrogen) atoms. The Labute approximate surface area is 140 Å². The maximum absolute atomic E-state index is 13.4. The summed E-state index contributed by atoms with van der Waals surface area (Å²) in [5.74, 6) is 0.203. The highest BCUT2D eigenvalue weighted by atomic mass is 19.1. The second kappa shape index (κ2) is 6.86. The van der Waals surface area contributed by atoms with Crippen LogP contribution in [0.5, 0.6) is 0 Å². The van der Waals surface area contributed by atoms with Gasteiger partial charge in [-0.1, -0.05) is 0 Å². The maximum Gasteiger partial charge on any atom is 0.336 e. The summed E-state index contributed by atoms with van der Waals surface area (Å²) in [5.41, 5.74) is 1.57. The van der Waals surface area contributed by atoms with E-state index in [-0.39, 0.29) is 17.9 Å². The number of esters is 1. The number of fused-ring (bicyclic) bond motifs is 1. The van der Waals surface area contributed by atoms with Crippen LogP contribution in [0.3, 0.4) is 0 Å². The molecular formula is C17H22FN3O3.